The largest absolute Gasteiger partial charge is 0.335 e. The van der Waals surface area contributed by atoms with Gasteiger partial charge in [-0.15, -0.1) is 0 Å². The number of carbonyl (C=O) groups is 2. The van der Waals surface area contributed by atoms with Gasteiger partial charge in [0.25, 0.3) is 17.4 Å². The molecule has 0 saturated carbocycles. The number of nitrogens with one attached hydrogen (secondary N) is 3. The summed E-state index contributed by atoms with van der Waals surface area (Å²) < 4.78 is 13.1. The molecule has 1 atom stereocenters. The fourth-order valence-corrected chi connectivity index (χ4v) is 3.20. The second kappa shape index (κ2) is 9.65. The highest BCUT2D eigenvalue weighted by Gasteiger charge is 2.27. The third kappa shape index (κ3) is 4.99. The smallest absolute Gasteiger partial charge is 0.272 e. The Morgan fingerprint density at radius 3 is 2.33 bits per heavy atom. The fraction of sp³-hybridized carbons (Fsp3) is 0.0417. The minimum atomic E-state index is -1.26. The zero-order valence-corrected chi connectivity index (χ0v) is 17.2. The molecule has 0 bridgehead atoms. The van der Waals surface area contributed by atoms with Crippen molar-refractivity contribution in [3.05, 3.63) is 112 Å². The van der Waals surface area contributed by atoms with E-state index in [4.69, 9.17) is 0 Å². The highest BCUT2D eigenvalue weighted by Crippen LogP contribution is 2.20. The van der Waals surface area contributed by atoms with Crippen LogP contribution in [-0.4, -0.2) is 28.2 Å². The van der Waals surface area contributed by atoms with Crippen LogP contribution in [0.1, 0.15) is 27.7 Å². The first-order valence-electron chi connectivity index (χ1n) is 9.94. The van der Waals surface area contributed by atoms with E-state index in [1.165, 1.54) is 30.5 Å². The molecule has 0 aliphatic heterocycles. The van der Waals surface area contributed by atoms with Gasteiger partial charge in [0, 0.05) is 10.9 Å². The number of rotatable bonds is 6. The molecule has 164 valence electrons. The number of carbonyl (C=O) groups excluding carboxylic acids is 2. The molecule has 1 aromatic heterocycles. The summed E-state index contributed by atoms with van der Waals surface area (Å²) in [6.45, 7) is 0. The normalized spacial score (nSPS) is 11.9. The number of H-pyrrole nitrogens is 1. The van der Waals surface area contributed by atoms with Crippen LogP contribution in [0.25, 0.3) is 10.8 Å². The Bertz CT molecular complexity index is 1380. The summed E-state index contributed by atoms with van der Waals surface area (Å²) in [5, 5.41) is 13.7. The van der Waals surface area contributed by atoms with E-state index < -0.39 is 29.2 Å². The van der Waals surface area contributed by atoms with Crippen molar-refractivity contribution in [1.29, 1.82) is 0 Å². The molecule has 0 radical (unpaired) electrons. The van der Waals surface area contributed by atoms with Gasteiger partial charge in [-0.2, -0.15) is 10.2 Å². The lowest BCUT2D eigenvalue weighted by atomic mass is 10.0. The Morgan fingerprint density at radius 1 is 0.939 bits per heavy atom. The van der Waals surface area contributed by atoms with E-state index in [1.54, 1.807) is 54.6 Å². The highest BCUT2D eigenvalue weighted by atomic mass is 19.1. The van der Waals surface area contributed by atoms with Crippen LogP contribution < -0.4 is 16.3 Å². The molecule has 33 heavy (non-hydrogen) atoms. The molecule has 4 aromatic rings. The number of hydrogen-bond donors (Lipinski definition) is 3. The average molecular weight is 443 g/mol. The summed E-state index contributed by atoms with van der Waals surface area (Å²) in [6, 6.07) is 19.3. The lowest BCUT2D eigenvalue weighted by molar-refractivity contribution is -0.123. The number of aromatic nitrogens is 2. The summed E-state index contributed by atoms with van der Waals surface area (Å²) in [5.74, 6) is -1.58. The molecule has 0 spiro atoms. The molecule has 2 amide bonds. The molecule has 3 aromatic carbocycles. The number of hydrazone groups is 1. The van der Waals surface area contributed by atoms with Crippen LogP contribution in [0.3, 0.4) is 0 Å². The predicted octanol–water partition coefficient (Wildman–Crippen LogP) is 2.68. The maximum Gasteiger partial charge on any atom is 0.272 e. The molecule has 1 heterocycles. The van der Waals surface area contributed by atoms with Crippen molar-refractivity contribution in [2.75, 3.05) is 0 Å². The number of fused-ring (bicyclic) bond motifs is 1. The minimum absolute atomic E-state index is 0.156. The second-order valence-electron chi connectivity index (χ2n) is 7.04. The highest BCUT2D eigenvalue weighted by molar-refractivity contribution is 5.99. The molecule has 1 unspecified atom stereocenters. The molecule has 0 aliphatic rings. The van der Waals surface area contributed by atoms with Gasteiger partial charge in [0.15, 0.2) is 6.04 Å². The first kappa shape index (κ1) is 21.6. The Labute approximate surface area is 187 Å². The quantitative estimate of drug-likeness (QED) is 0.314. The number of amides is 2. The SMILES string of the molecule is O=C(NC(C(=O)N/N=C/c1ccc(F)cc1)c1n[nH]c(=O)c2ccccc12)c1ccccc1. The van der Waals surface area contributed by atoms with E-state index in [-0.39, 0.29) is 5.69 Å². The maximum atomic E-state index is 13.1. The topological polar surface area (TPSA) is 116 Å². The first-order valence-corrected chi connectivity index (χ1v) is 9.94. The van der Waals surface area contributed by atoms with Crippen molar-refractivity contribution in [3.8, 4) is 0 Å². The van der Waals surface area contributed by atoms with Crippen molar-refractivity contribution >= 4 is 28.8 Å². The summed E-state index contributed by atoms with van der Waals surface area (Å²) in [6.07, 6.45) is 1.34. The third-order valence-electron chi connectivity index (χ3n) is 4.83. The minimum Gasteiger partial charge on any atom is -0.335 e. The van der Waals surface area contributed by atoms with E-state index >= 15 is 0 Å². The van der Waals surface area contributed by atoms with Crippen LogP contribution in [0.2, 0.25) is 0 Å². The van der Waals surface area contributed by atoms with Crippen molar-refractivity contribution in [3.63, 3.8) is 0 Å². The summed E-state index contributed by atoms with van der Waals surface area (Å²) in [5.41, 5.74) is 3.02. The van der Waals surface area contributed by atoms with E-state index in [0.29, 0.717) is 21.9 Å². The lowest BCUT2D eigenvalue weighted by Gasteiger charge is -2.18. The third-order valence-corrected chi connectivity index (χ3v) is 4.83. The molecule has 3 N–H and O–H groups in total. The zero-order valence-electron chi connectivity index (χ0n) is 17.2. The molecule has 9 heteroatoms. The van der Waals surface area contributed by atoms with Gasteiger partial charge in [-0.05, 0) is 35.9 Å². The van der Waals surface area contributed by atoms with Gasteiger partial charge in [0.1, 0.15) is 11.5 Å². The predicted molar refractivity (Wildman–Crippen MR) is 121 cm³/mol. The van der Waals surface area contributed by atoms with Gasteiger partial charge < -0.3 is 5.32 Å². The van der Waals surface area contributed by atoms with Gasteiger partial charge in [0.05, 0.1) is 11.6 Å². The molecular weight excluding hydrogens is 425 g/mol. The van der Waals surface area contributed by atoms with Crippen molar-refractivity contribution in [1.82, 2.24) is 20.9 Å². The molecule has 4 rings (SSSR count). The lowest BCUT2D eigenvalue weighted by Crippen LogP contribution is -2.40. The van der Waals surface area contributed by atoms with Crippen LogP contribution >= 0.6 is 0 Å². The zero-order chi connectivity index (χ0) is 23.2. The maximum absolute atomic E-state index is 13.1. The number of benzene rings is 3. The van der Waals surface area contributed by atoms with E-state index in [0.717, 1.165) is 0 Å². The molecule has 0 saturated heterocycles. The molecule has 0 aliphatic carbocycles. The Balaban J connectivity index is 1.66. The van der Waals surface area contributed by atoms with Gasteiger partial charge in [-0.3, -0.25) is 14.4 Å². The van der Waals surface area contributed by atoms with Gasteiger partial charge >= 0.3 is 0 Å². The van der Waals surface area contributed by atoms with Crippen LogP contribution in [0, 0.1) is 5.82 Å². The van der Waals surface area contributed by atoms with Gasteiger partial charge in [-0.25, -0.2) is 14.9 Å². The Kier molecular flexibility index (Phi) is 6.31. The van der Waals surface area contributed by atoms with Crippen LogP contribution in [0.4, 0.5) is 4.39 Å². The molecular formula is C24H18FN5O3. The van der Waals surface area contributed by atoms with Crippen molar-refractivity contribution in [2.24, 2.45) is 5.10 Å². The molecule has 8 nitrogen and oxygen atoms in total. The summed E-state index contributed by atoms with van der Waals surface area (Å²) >= 11 is 0. The fourth-order valence-electron chi connectivity index (χ4n) is 3.20. The standard InChI is InChI=1S/C24H18FN5O3/c25-17-12-10-15(11-13-17)14-26-29-24(33)21(27-22(31)16-6-2-1-3-7-16)20-18-8-4-5-9-19(18)23(32)30-28-20/h1-14,21H,(H,27,31)(H,29,33)(H,30,32)/b26-14+. The monoisotopic (exact) mass is 443 g/mol. The summed E-state index contributed by atoms with van der Waals surface area (Å²) in [4.78, 5) is 38.0. The van der Waals surface area contributed by atoms with E-state index in [1.807, 2.05) is 0 Å². The number of hydrogen-bond acceptors (Lipinski definition) is 5. The molecule has 0 fully saturated rings. The number of halogens is 1. The first-order chi connectivity index (χ1) is 16.0. The van der Waals surface area contributed by atoms with Crippen molar-refractivity contribution in [2.45, 2.75) is 6.04 Å². The van der Waals surface area contributed by atoms with Crippen LogP contribution in [-0.2, 0) is 4.79 Å². The van der Waals surface area contributed by atoms with E-state index in [2.05, 4.69) is 26.0 Å². The Hall–Kier alpha value is -4.66. The van der Waals surface area contributed by atoms with Crippen LogP contribution in [0.5, 0.6) is 0 Å². The second-order valence-corrected chi connectivity index (χ2v) is 7.04. The number of nitrogens with zero attached hydrogens (tertiary/aromatic N) is 2. The van der Waals surface area contributed by atoms with Gasteiger partial charge in [0.2, 0.25) is 0 Å². The average Bonchev–Trinajstić information content (AvgIpc) is 2.85. The van der Waals surface area contributed by atoms with E-state index in [9.17, 15) is 18.8 Å². The van der Waals surface area contributed by atoms with Gasteiger partial charge in [-0.1, -0.05) is 48.5 Å². The summed E-state index contributed by atoms with van der Waals surface area (Å²) in [7, 11) is 0. The number of aromatic amines is 1. The van der Waals surface area contributed by atoms with Crippen molar-refractivity contribution < 1.29 is 14.0 Å². The van der Waals surface area contributed by atoms with Crippen LogP contribution in [0.15, 0.2) is 88.8 Å². The Morgan fingerprint density at radius 2 is 1.61 bits per heavy atom.